The summed E-state index contributed by atoms with van der Waals surface area (Å²) in [5.74, 6) is 0.173. The molecule has 0 aliphatic carbocycles. The monoisotopic (exact) mass is 210 g/mol. The summed E-state index contributed by atoms with van der Waals surface area (Å²) in [6.45, 7) is 6.90. The number of nitrogens with zero attached hydrogens (tertiary/aromatic N) is 2. The Morgan fingerprint density at radius 1 is 1.33 bits per heavy atom. The molecule has 0 aromatic rings. The molecule has 0 radical (unpaired) electrons. The van der Waals surface area contributed by atoms with Crippen LogP contribution in [0.1, 0.15) is 13.3 Å². The van der Waals surface area contributed by atoms with E-state index in [-0.39, 0.29) is 5.91 Å². The van der Waals surface area contributed by atoms with Crippen molar-refractivity contribution >= 4 is 5.91 Å². The van der Waals surface area contributed by atoms with E-state index >= 15 is 0 Å². The molecular weight excluding hydrogens is 192 g/mol. The maximum absolute atomic E-state index is 11.1. The van der Waals surface area contributed by atoms with Crippen LogP contribution in [0, 0.1) is 0 Å². The molecule has 4 heteroatoms. The van der Waals surface area contributed by atoms with Crippen LogP contribution < -0.4 is 0 Å². The molecule has 2 aliphatic rings. The van der Waals surface area contributed by atoms with Crippen molar-refractivity contribution in [3.8, 4) is 0 Å². The minimum absolute atomic E-state index is 0.173. The number of carbonyl (C=O) groups excluding carboxylic acids is 1. The van der Waals surface area contributed by atoms with E-state index in [0.717, 1.165) is 45.8 Å². The molecular formula is C11H18N2O2. The van der Waals surface area contributed by atoms with Crippen LogP contribution in [0.25, 0.3) is 0 Å². The lowest BCUT2D eigenvalue weighted by Gasteiger charge is -2.35. The number of carbonyl (C=O) groups is 1. The zero-order valence-electron chi connectivity index (χ0n) is 9.24. The van der Waals surface area contributed by atoms with Gasteiger partial charge in [0.1, 0.15) is 0 Å². The van der Waals surface area contributed by atoms with Crippen molar-refractivity contribution in [2.24, 2.45) is 0 Å². The van der Waals surface area contributed by atoms with Gasteiger partial charge in [-0.15, -0.1) is 0 Å². The molecule has 0 N–H and O–H groups in total. The van der Waals surface area contributed by atoms with Gasteiger partial charge >= 0.3 is 0 Å². The molecule has 1 saturated heterocycles. The zero-order valence-corrected chi connectivity index (χ0v) is 9.24. The highest BCUT2D eigenvalue weighted by Crippen LogP contribution is 2.16. The van der Waals surface area contributed by atoms with Crippen LogP contribution in [0.3, 0.4) is 0 Å². The molecule has 0 atom stereocenters. The fraction of sp³-hybridized carbons (Fsp3) is 0.727. The predicted molar refractivity (Wildman–Crippen MR) is 57.3 cm³/mol. The summed E-state index contributed by atoms with van der Waals surface area (Å²) in [4.78, 5) is 15.4. The fourth-order valence-corrected chi connectivity index (χ4v) is 2.08. The molecule has 0 unspecified atom stereocenters. The third-order valence-corrected chi connectivity index (χ3v) is 3.05. The van der Waals surface area contributed by atoms with Crippen molar-refractivity contribution in [1.29, 1.82) is 0 Å². The lowest BCUT2D eigenvalue weighted by Crippen LogP contribution is -2.40. The van der Waals surface area contributed by atoms with Gasteiger partial charge in [0.2, 0.25) is 5.91 Å². The number of morpholine rings is 1. The number of ether oxygens (including phenoxy) is 1. The second kappa shape index (κ2) is 4.66. The zero-order chi connectivity index (χ0) is 10.7. The Bertz CT molecular complexity index is 270. The maximum atomic E-state index is 11.1. The Morgan fingerprint density at radius 2 is 2.07 bits per heavy atom. The third-order valence-electron chi connectivity index (χ3n) is 3.05. The molecule has 1 fully saturated rings. The summed E-state index contributed by atoms with van der Waals surface area (Å²) >= 11 is 0. The smallest absolute Gasteiger partial charge is 0.219 e. The van der Waals surface area contributed by atoms with Crippen molar-refractivity contribution < 1.29 is 9.53 Å². The molecule has 2 heterocycles. The van der Waals surface area contributed by atoms with Gasteiger partial charge in [0, 0.05) is 45.2 Å². The number of amides is 1. The quantitative estimate of drug-likeness (QED) is 0.630. The minimum atomic E-state index is 0.173. The summed E-state index contributed by atoms with van der Waals surface area (Å²) in [6.07, 6.45) is 3.16. The topological polar surface area (TPSA) is 32.8 Å². The summed E-state index contributed by atoms with van der Waals surface area (Å²) < 4.78 is 5.32. The van der Waals surface area contributed by atoms with Crippen LogP contribution in [0.2, 0.25) is 0 Å². The first kappa shape index (κ1) is 10.5. The summed E-state index contributed by atoms with van der Waals surface area (Å²) in [7, 11) is 0. The Morgan fingerprint density at radius 3 is 2.60 bits per heavy atom. The normalized spacial score (nSPS) is 22.6. The first-order chi connectivity index (χ1) is 7.27. The SMILES string of the molecule is CC(=O)N1CC=C(N2CCOCC2)CC1. The second-order valence-electron chi connectivity index (χ2n) is 4.01. The molecule has 2 rings (SSSR count). The van der Waals surface area contributed by atoms with Crippen LogP contribution in [-0.2, 0) is 9.53 Å². The van der Waals surface area contributed by atoms with E-state index in [0.29, 0.717) is 0 Å². The van der Waals surface area contributed by atoms with E-state index in [4.69, 9.17) is 4.74 Å². The highest BCUT2D eigenvalue weighted by atomic mass is 16.5. The molecule has 0 aromatic heterocycles. The lowest BCUT2D eigenvalue weighted by molar-refractivity contribution is -0.128. The van der Waals surface area contributed by atoms with Gasteiger partial charge in [-0.3, -0.25) is 4.79 Å². The van der Waals surface area contributed by atoms with Crippen molar-refractivity contribution in [2.75, 3.05) is 39.4 Å². The number of rotatable bonds is 1. The van der Waals surface area contributed by atoms with Gasteiger partial charge in [0.15, 0.2) is 0 Å². The van der Waals surface area contributed by atoms with Crippen LogP contribution in [0.5, 0.6) is 0 Å². The molecule has 4 nitrogen and oxygen atoms in total. The van der Waals surface area contributed by atoms with Gasteiger partial charge in [-0.05, 0) is 6.08 Å². The Labute approximate surface area is 90.5 Å². The molecule has 0 saturated carbocycles. The molecule has 2 aliphatic heterocycles. The Hall–Kier alpha value is -1.03. The van der Waals surface area contributed by atoms with Gasteiger partial charge < -0.3 is 14.5 Å². The Balaban J connectivity index is 1.91. The van der Waals surface area contributed by atoms with Gasteiger partial charge in [0.25, 0.3) is 0 Å². The Kier molecular flexibility index (Phi) is 3.26. The van der Waals surface area contributed by atoms with Crippen molar-refractivity contribution in [1.82, 2.24) is 9.80 Å². The van der Waals surface area contributed by atoms with Gasteiger partial charge in [0.05, 0.1) is 13.2 Å². The summed E-state index contributed by atoms with van der Waals surface area (Å²) in [5.41, 5.74) is 1.39. The number of hydrogen-bond acceptors (Lipinski definition) is 3. The fourth-order valence-electron chi connectivity index (χ4n) is 2.08. The average Bonchev–Trinajstić information content (AvgIpc) is 2.30. The average molecular weight is 210 g/mol. The lowest BCUT2D eigenvalue weighted by atomic mass is 10.1. The molecule has 0 bridgehead atoms. The first-order valence-corrected chi connectivity index (χ1v) is 5.54. The van der Waals surface area contributed by atoms with Crippen molar-refractivity contribution in [3.63, 3.8) is 0 Å². The highest BCUT2D eigenvalue weighted by Gasteiger charge is 2.19. The molecule has 0 spiro atoms. The van der Waals surface area contributed by atoms with E-state index in [1.165, 1.54) is 5.70 Å². The van der Waals surface area contributed by atoms with Gasteiger partial charge in [-0.1, -0.05) is 0 Å². The summed E-state index contributed by atoms with van der Waals surface area (Å²) in [6, 6.07) is 0. The first-order valence-electron chi connectivity index (χ1n) is 5.54. The van der Waals surface area contributed by atoms with E-state index in [1.54, 1.807) is 6.92 Å². The van der Waals surface area contributed by atoms with Crippen LogP contribution in [0.15, 0.2) is 11.8 Å². The molecule has 84 valence electrons. The van der Waals surface area contributed by atoms with Crippen molar-refractivity contribution in [2.45, 2.75) is 13.3 Å². The number of hydrogen-bond donors (Lipinski definition) is 0. The maximum Gasteiger partial charge on any atom is 0.219 e. The molecule has 15 heavy (non-hydrogen) atoms. The summed E-state index contributed by atoms with van der Waals surface area (Å²) in [5, 5.41) is 0. The van der Waals surface area contributed by atoms with E-state index in [1.807, 2.05) is 4.90 Å². The van der Waals surface area contributed by atoms with E-state index in [9.17, 15) is 4.79 Å². The molecule has 1 amide bonds. The largest absolute Gasteiger partial charge is 0.378 e. The predicted octanol–water partition coefficient (Wildman–Crippen LogP) is 0.455. The van der Waals surface area contributed by atoms with Crippen LogP contribution in [0.4, 0.5) is 0 Å². The van der Waals surface area contributed by atoms with Gasteiger partial charge in [-0.25, -0.2) is 0 Å². The highest BCUT2D eigenvalue weighted by molar-refractivity contribution is 5.73. The van der Waals surface area contributed by atoms with E-state index in [2.05, 4.69) is 11.0 Å². The van der Waals surface area contributed by atoms with Crippen LogP contribution in [-0.4, -0.2) is 55.1 Å². The minimum Gasteiger partial charge on any atom is -0.378 e. The second-order valence-corrected chi connectivity index (χ2v) is 4.01. The standard InChI is InChI=1S/C11H18N2O2/c1-10(14)12-4-2-11(3-5-12)13-6-8-15-9-7-13/h2H,3-9H2,1H3. The van der Waals surface area contributed by atoms with E-state index < -0.39 is 0 Å². The van der Waals surface area contributed by atoms with Crippen molar-refractivity contribution in [3.05, 3.63) is 11.8 Å². The van der Waals surface area contributed by atoms with Gasteiger partial charge in [-0.2, -0.15) is 0 Å². The molecule has 0 aromatic carbocycles. The van der Waals surface area contributed by atoms with Crippen LogP contribution >= 0.6 is 0 Å². The third kappa shape index (κ3) is 2.50.